The minimum atomic E-state index is -0.416. The molecule has 0 aliphatic rings. The molecule has 2 rings (SSSR count). The Hall–Kier alpha value is -2.49. The van der Waals surface area contributed by atoms with E-state index in [4.69, 9.17) is 0 Å². The highest BCUT2D eigenvalue weighted by Crippen LogP contribution is 2.12. The van der Waals surface area contributed by atoms with Gasteiger partial charge in [0, 0.05) is 11.1 Å². The summed E-state index contributed by atoms with van der Waals surface area (Å²) < 4.78 is 17.6. The maximum Gasteiger partial charge on any atom is 0.327 e. The van der Waals surface area contributed by atoms with Gasteiger partial charge in [-0.25, -0.2) is 4.39 Å². The summed E-state index contributed by atoms with van der Waals surface area (Å²) in [6.07, 6.45) is 0. The Bertz CT molecular complexity index is 606. The molecule has 0 saturated heterocycles. The van der Waals surface area contributed by atoms with E-state index in [2.05, 4.69) is 9.73 Å². The fourth-order valence-electron chi connectivity index (χ4n) is 1.76. The molecule has 0 unspecified atom stereocenters. The molecule has 0 bridgehead atoms. The Morgan fingerprint density at radius 2 is 1.65 bits per heavy atom. The van der Waals surface area contributed by atoms with E-state index in [9.17, 15) is 9.18 Å². The largest absolute Gasteiger partial charge is 0.468 e. The smallest absolute Gasteiger partial charge is 0.327 e. The second-order valence-electron chi connectivity index (χ2n) is 4.11. The maximum atomic E-state index is 13.0. The lowest BCUT2D eigenvalue weighted by atomic mass is 10.0. The van der Waals surface area contributed by atoms with Crippen LogP contribution in [0, 0.1) is 5.82 Å². The molecule has 0 aromatic heterocycles. The van der Waals surface area contributed by atoms with Gasteiger partial charge in [0.2, 0.25) is 0 Å². The summed E-state index contributed by atoms with van der Waals surface area (Å²) in [5.74, 6) is -0.727. The number of nitrogens with zero attached hydrogens (tertiary/aromatic N) is 1. The van der Waals surface area contributed by atoms with Gasteiger partial charge in [-0.3, -0.25) is 9.79 Å². The summed E-state index contributed by atoms with van der Waals surface area (Å²) in [5, 5.41) is 0. The lowest BCUT2D eigenvalue weighted by molar-refractivity contribution is -0.138. The first-order valence-electron chi connectivity index (χ1n) is 6.13. The molecule has 0 saturated carbocycles. The Morgan fingerprint density at radius 3 is 2.25 bits per heavy atom. The topological polar surface area (TPSA) is 38.7 Å². The molecule has 0 N–H and O–H groups in total. The molecular weight excluding hydrogens is 257 g/mol. The monoisotopic (exact) mass is 271 g/mol. The Morgan fingerprint density at radius 1 is 1.05 bits per heavy atom. The van der Waals surface area contributed by atoms with Crippen LogP contribution in [0.1, 0.15) is 11.1 Å². The van der Waals surface area contributed by atoms with Crippen molar-refractivity contribution in [2.45, 2.75) is 0 Å². The van der Waals surface area contributed by atoms with Crippen molar-refractivity contribution < 1.29 is 13.9 Å². The van der Waals surface area contributed by atoms with Gasteiger partial charge in [0.25, 0.3) is 0 Å². The van der Waals surface area contributed by atoms with E-state index in [1.54, 1.807) is 12.1 Å². The molecule has 4 heteroatoms. The molecule has 0 amide bonds. The molecule has 2 aromatic rings. The maximum absolute atomic E-state index is 13.0. The predicted octanol–water partition coefficient (Wildman–Crippen LogP) is 2.84. The first kappa shape index (κ1) is 13.9. The highest BCUT2D eigenvalue weighted by atomic mass is 19.1. The van der Waals surface area contributed by atoms with Gasteiger partial charge in [0.1, 0.15) is 12.4 Å². The number of ether oxygens (including phenoxy) is 1. The minimum Gasteiger partial charge on any atom is -0.468 e. The van der Waals surface area contributed by atoms with Gasteiger partial charge in [-0.1, -0.05) is 30.3 Å². The third kappa shape index (κ3) is 3.51. The van der Waals surface area contributed by atoms with E-state index in [1.807, 2.05) is 30.3 Å². The summed E-state index contributed by atoms with van der Waals surface area (Å²) >= 11 is 0. The first-order valence-corrected chi connectivity index (χ1v) is 6.13. The quantitative estimate of drug-likeness (QED) is 0.633. The molecule has 102 valence electrons. The molecule has 0 spiro atoms. The van der Waals surface area contributed by atoms with E-state index in [-0.39, 0.29) is 12.4 Å². The van der Waals surface area contributed by atoms with Crippen LogP contribution in [-0.4, -0.2) is 25.3 Å². The predicted molar refractivity (Wildman–Crippen MR) is 75.4 cm³/mol. The number of halogens is 1. The Kier molecular flexibility index (Phi) is 4.60. The molecule has 3 nitrogen and oxygen atoms in total. The van der Waals surface area contributed by atoms with Crippen LogP contribution in [0.3, 0.4) is 0 Å². The molecule has 0 aliphatic carbocycles. The standard InChI is InChI=1S/C16H14FNO2/c1-20-15(19)11-18-16(12-5-3-2-4-6-12)13-7-9-14(17)10-8-13/h2-10H,11H2,1H3. The summed E-state index contributed by atoms with van der Waals surface area (Å²) in [6.45, 7) is -0.0713. The summed E-state index contributed by atoms with van der Waals surface area (Å²) in [4.78, 5) is 15.5. The number of carbonyl (C=O) groups excluding carboxylic acids is 1. The zero-order chi connectivity index (χ0) is 14.4. The number of aliphatic imine (C=N–C) groups is 1. The molecule has 2 aromatic carbocycles. The number of rotatable bonds is 4. The zero-order valence-corrected chi connectivity index (χ0v) is 11.0. The van der Waals surface area contributed by atoms with Gasteiger partial charge >= 0.3 is 5.97 Å². The van der Waals surface area contributed by atoms with Crippen LogP contribution >= 0.6 is 0 Å². The van der Waals surface area contributed by atoms with Crippen molar-refractivity contribution in [3.8, 4) is 0 Å². The van der Waals surface area contributed by atoms with Crippen molar-refractivity contribution >= 4 is 11.7 Å². The van der Waals surface area contributed by atoms with Crippen molar-refractivity contribution in [3.05, 3.63) is 71.5 Å². The van der Waals surface area contributed by atoms with Crippen molar-refractivity contribution in [1.82, 2.24) is 0 Å². The van der Waals surface area contributed by atoms with Crippen LogP contribution in [0.4, 0.5) is 4.39 Å². The fraction of sp³-hybridized carbons (Fsp3) is 0.125. The molecule has 0 atom stereocenters. The fourth-order valence-corrected chi connectivity index (χ4v) is 1.76. The van der Waals surface area contributed by atoms with Crippen molar-refractivity contribution in [1.29, 1.82) is 0 Å². The van der Waals surface area contributed by atoms with Crippen LogP contribution in [0.25, 0.3) is 0 Å². The zero-order valence-electron chi connectivity index (χ0n) is 11.0. The average Bonchev–Trinajstić information content (AvgIpc) is 2.50. The van der Waals surface area contributed by atoms with Crippen molar-refractivity contribution in [2.75, 3.05) is 13.7 Å². The molecule has 0 heterocycles. The molecule has 20 heavy (non-hydrogen) atoms. The van der Waals surface area contributed by atoms with Crippen LogP contribution in [0.5, 0.6) is 0 Å². The number of benzene rings is 2. The third-order valence-corrected chi connectivity index (χ3v) is 2.76. The number of carbonyl (C=O) groups is 1. The number of methoxy groups -OCH3 is 1. The van der Waals surface area contributed by atoms with E-state index in [1.165, 1.54) is 19.2 Å². The van der Waals surface area contributed by atoms with E-state index in [0.717, 1.165) is 11.1 Å². The summed E-state index contributed by atoms with van der Waals surface area (Å²) in [5.41, 5.74) is 2.25. The van der Waals surface area contributed by atoms with Gasteiger partial charge in [-0.2, -0.15) is 0 Å². The van der Waals surface area contributed by atoms with E-state index in [0.29, 0.717) is 5.71 Å². The second-order valence-corrected chi connectivity index (χ2v) is 4.11. The second kappa shape index (κ2) is 6.61. The number of hydrogen-bond acceptors (Lipinski definition) is 3. The van der Waals surface area contributed by atoms with Gasteiger partial charge in [-0.15, -0.1) is 0 Å². The summed E-state index contributed by atoms with van der Waals surface area (Å²) in [6, 6.07) is 15.4. The van der Waals surface area contributed by atoms with Gasteiger partial charge < -0.3 is 4.74 Å². The van der Waals surface area contributed by atoms with E-state index >= 15 is 0 Å². The van der Waals surface area contributed by atoms with Crippen LogP contribution in [-0.2, 0) is 9.53 Å². The van der Waals surface area contributed by atoms with E-state index < -0.39 is 5.97 Å². The van der Waals surface area contributed by atoms with Crippen molar-refractivity contribution in [3.63, 3.8) is 0 Å². The minimum absolute atomic E-state index is 0.0713. The van der Waals surface area contributed by atoms with Crippen LogP contribution in [0.15, 0.2) is 59.6 Å². The number of hydrogen-bond donors (Lipinski definition) is 0. The Labute approximate surface area is 116 Å². The lowest BCUT2D eigenvalue weighted by Gasteiger charge is -2.07. The van der Waals surface area contributed by atoms with Crippen molar-refractivity contribution in [2.24, 2.45) is 4.99 Å². The van der Waals surface area contributed by atoms with Gasteiger partial charge in [-0.05, 0) is 24.3 Å². The number of esters is 1. The van der Waals surface area contributed by atoms with Crippen LogP contribution in [0.2, 0.25) is 0 Å². The van der Waals surface area contributed by atoms with Crippen LogP contribution < -0.4 is 0 Å². The van der Waals surface area contributed by atoms with Gasteiger partial charge in [0.15, 0.2) is 0 Å². The molecular formula is C16H14FNO2. The molecule has 0 aliphatic heterocycles. The van der Waals surface area contributed by atoms with Gasteiger partial charge in [0.05, 0.1) is 12.8 Å². The SMILES string of the molecule is COC(=O)CN=C(c1ccccc1)c1ccc(F)cc1. The molecule has 0 fully saturated rings. The highest BCUT2D eigenvalue weighted by Gasteiger charge is 2.08. The highest BCUT2D eigenvalue weighted by molar-refractivity contribution is 6.13. The normalized spacial score (nSPS) is 11.2. The summed E-state index contributed by atoms with van der Waals surface area (Å²) in [7, 11) is 1.32. The Balaban J connectivity index is 2.39. The third-order valence-electron chi connectivity index (χ3n) is 2.76. The average molecular weight is 271 g/mol. The molecule has 0 radical (unpaired) electrons. The first-order chi connectivity index (χ1) is 9.70. The lowest BCUT2D eigenvalue weighted by Crippen LogP contribution is -2.10.